The van der Waals surface area contributed by atoms with Crippen LogP contribution in [0.2, 0.25) is 0 Å². The van der Waals surface area contributed by atoms with Crippen LogP contribution in [0.4, 0.5) is 0 Å². The number of β-amino-alcohol motifs (C(OH)–C–C–N with tert-alkyl or cyclic N) is 1. The summed E-state index contributed by atoms with van der Waals surface area (Å²) in [6, 6.07) is 9.79. The Bertz CT molecular complexity index is 2270. The van der Waals surface area contributed by atoms with Gasteiger partial charge in [-0.2, -0.15) is 0 Å². The van der Waals surface area contributed by atoms with Gasteiger partial charge in [-0.05, 0) is 91.2 Å². The molecule has 3 saturated heterocycles. The lowest BCUT2D eigenvalue weighted by molar-refractivity contribution is -0.344. The van der Waals surface area contributed by atoms with Crippen molar-refractivity contribution in [2.45, 2.75) is 192 Å². The second kappa shape index (κ2) is 29.8. The van der Waals surface area contributed by atoms with Crippen LogP contribution < -0.4 is 0 Å². The van der Waals surface area contributed by atoms with Crippen molar-refractivity contribution in [2.24, 2.45) is 11.8 Å². The Morgan fingerprint density at radius 3 is 2.27 bits per heavy atom. The number of cyclic esters (lactones) is 1. The average Bonchev–Trinajstić information content (AvgIpc) is 3.39. The van der Waals surface area contributed by atoms with Gasteiger partial charge in [0.15, 0.2) is 30.1 Å². The molecular weight excluding hydrogens is 999 g/mol. The quantitative estimate of drug-likeness (QED) is 0.0837. The van der Waals surface area contributed by atoms with E-state index in [0.29, 0.717) is 36.1 Å². The number of carbonyl (C=O) groups is 6. The summed E-state index contributed by atoms with van der Waals surface area (Å²) in [5, 5.41) is 24.1. The van der Waals surface area contributed by atoms with E-state index in [1.165, 1.54) is 20.2 Å². The number of hydrogen-bond acceptors (Lipinski definition) is 20. The van der Waals surface area contributed by atoms with E-state index in [1.54, 1.807) is 96.2 Å². The fourth-order valence-corrected chi connectivity index (χ4v) is 10.6. The Balaban J connectivity index is 1.45. The lowest BCUT2D eigenvalue weighted by atomic mass is 9.82. The largest absolute Gasteiger partial charge is 0.462 e. The van der Waals surface area contributed by atoms with Gasteiger partial charge >= 0.3 is 23.9 Å². The number of benzene rings is 1. The van der Waals surface area contributed by atoms with Gasteiger partial charge in [-0.25, -0.2) is 0 Å². The first-order valence-electron chi connectivity index (χ1n) is 26.9. The Hall–Kier alpha value is -5.03. The van der Waals surface area contributed by atoms with Gasteiger partial charge in [0, 0.05) is 76.2 Å². The average molecular weight is 1080 g/mol. The zero-order valence-corrected chi connectivity index (χ0v) is 46.6. The Morgan fingerprint density at radius 2 is 1.62 bits per heavy atom. The van der Waals surface area contributed by atoms with Gasteiger partial charge < -0.3 is 67.4 Å². The third-order valence-corrected chi connectivity index (χ3v) is 14.6. The second-order valence-electron chi connectivity index (χ2n) is 21.1. The number of aromatic nitrogens is 1. The van der Waals surface area contributed by atoms with Crippen molar-refractivity contribution in [1.82, 2.24) is 14.8 Å². The van der Waals surface area contributed by atoms with Crippen LogP contribution in [0, 0.1) is 11.8 Å². The highest BCUT2D eigenvalue weighted by molar-refractivity contribution is 6.09. The summed E-state index contributed by atoms with van der Waals surface area (Å²) in [5.74, 6) is -3.77. The summed E-state index contributed by atoms with van der Waals surface area (Å²) in [6.45, 7) is 12.3. The number of nitrogens with zero attached hydrogens (tertiary/aromatic N) is 3. The van der Waals surface area contributed by atoms with Crippen molar-refractivity contribution >= 4 is 42.0 Å². The minimum Gasteiger partial charge on any atom is -0.462 e. The Kier molecular flexibility index (Phi) is 24.3. The van der Waals surface area contributed by atoms with Crippen LogP contribution in [0.3, 0.4) is 0 Å². The van der Waals surface area contributed by atoms with Gasteiger partial charge in [0.25, 0.3) is 0 Å². The number of ether oxygens (including phenoxy) is 9. The molecule has 20 heteroatoms. The van der Waals surface area contributed by atoms with Gasteiger partial charge in [0.2, 0.25) is 0 Å². The number of carbonyl (C=O) groups excluding carboxylic acids is 6. The summed E-state index contributed by atoms with van der Waals surface area (Å²) < 4.78 is 56.1. The number of aldehydes is 1. The van der Waals surface area contributed by atoms with E-state index >= 15 is 0 Å². The number of aliphatic hydroxyl groups excluding tert-OH is 2. The van der Waals surface area contributed by atoms with Crippen molar-refractivity contribution in [2.75, 3.05) is 41.3 Å². The third-order valence-electron chi connectivity index (χ3n) is 14.6. The molecule has 0 aliphatic carbocycles. The number of likely N-dealkylation sites (N-methyl/N-ethyl adjacent to an activating group) is 2. The van der Waals surface area contributed by atoms with Gasteiger partial charge in [0.1, 0.15) is 36.8 Å². The van der Waals surface area contributed by atoms with Crippen LogP contribution in [0.25, 0.3) is 6.08 Å². The fourth-order valence-electron chi connectivity index (χ4n) is 10.6. The fraction of sp³-hybridized carbons (Fsp3) is 0.667. The molecule has 2 aromatic rings. The van der Waals surface area contributed by atoms with Gasteiger partial charge in [-0.3, -0.25) is 29.0 Å². The maximum Gasteiger partial charge on any atom is 0.309 e. The molecular formula is C57H83N3O17. The molecule has 4 heterocycles. The van der Waals surface area contributed by atoms with Crippen molar-refractivity contribution in [3.63, 3.8) is 0 Å². The number of ketones is 1. The first-order valence-corrected chi connectivity index (χ1v) is 26.9. The van der Waals surface area contributed by atoms with Crippen LogP contribution >= 0.6 is 0 Å². The molecule has 1 aromatic heterocycles. The minimum atomic E-state index is -1.46. The zero-order chi connectivity index (χ0) is 56.6. The molecule has 2 N–H and O–H groups in total. The highest BCUT2D eigenvalue weighted by Gasteiger charge is 2.54. The van der Waals surface area contributed by atoms with Crippen molar-refractivity contribution < 1.29 is 81.6 Å². The summed E-state index contributed by atoms with van der Waals surface area (Å²) in [5.41, 5.74) is 0.276. The summed E-state index contributed by atoms with van der Waals surface area (Å²) in [7, 11) is 6.74. The Labute approximate surface area is 453 Å². The van der Waals surface area contributed by atoms with Crippen LogP contribution in [0.15, 0.2) is 54.9 Å². The van der Waals surface area contributed by atoms with Crippen LogP contribution in [-0.4, -0.2) is 188 Å². The highest BCUT2D eigenvalue weighted by Crippen LogP contribution is 2.39. The van der Waals surface area contributed by atoms with Crippen molar-refractivity contribution in [3.05, 3.63) is 71.6 Å². The zero-order valence-electron chi connectivity index (χ0n) is 46.6. The third kappa shape index (κ3) is 17.7. The van der Waals surface area contributed by atoms with Crippen LogP contribution in [0.1, 0.15) is 128 Å². The first-order chi connectivity index (χ1) is 36.6. The lowest BCUT2D eigenvalue weighted by Crippen LogP contribution is -2.66. The van der Waals surface area contributed by atoms with Crippen molar-refractivity contribution in [1.29, 1.82) is 0 Å². The maximum atomic E-state index is 14.3. The smallest absolute Gasteiger partial charge is 0.309 e. The van der Waals surface area contributed by atoms with E-state index in [0.717, 1.165) is 6.29 Å². The van der Waals surface area contributed by atoms with Crippen LogP contribution in [0.5, 0.6) is 0 Å². The van der Waals surface area contributed by atoms with Gasteiger partial charge in [-0.1, -0.05) is 63.3 Å². The molecule has 0 spiro atoms. The summed E-state index contributed by atoms with van der Waals surface area (Å²) in [4.78, 5) is 86.3. The molecule has 0 radical (unpaired) electrons. The molecule has 3 fully saturated rings. The van der Waals surface area contributed by atoms with E-state index in [-0.39, 0.29) is 50.9 Å². The molecule has 20 nitrogen and oxygen atoms in total. The van der Waals surface area contributed by atoms with E-state index in [9.17, 15) is 39.0 Å². The predicted octanol–water partition coefficient (Wildman–Crippen LogP) is 5.26. The minimum absolute atomic E-state index is 0.0363. The number of methoxy groups -OCH3 is 1. The molecule has 428 valence electrons. The summed E-state index contributed by atoms with van der Waals surface area (Å²) in [6.07, 6.45) is -4.23. The second-order valence-corrected chi connectivity index (χ2v) is 21.1. The highest BCUT2D eigenvalue weighted by atomic mass is 16.7. The Morgan fingerprint density at radius 1 is 0.922 bits per heavy atom. The molecule has 1 aromatic carbocycles. The topological polar surface area (TPSA) is 245 Å². The van der Waals surface area contributed by atoms with E-state index in [1.807, 2.05) is 31.0 Å². The molecule has 3 aliphatic heterocycles. The molecule has 0 amide bonds. The maximum absolute atomic E-state index is 14.3. The molecule has 5 unspecified atom stereocenters. The standard InChI is InChI=1S/C57H83N3O17/c1-12-45(64)73-44-29-47(66)72-42(22-17-19-38-28-41(32-58-31-38)50(67)39-20-15-14-16-21-39)23-18-25-60(10)33-43(63)34(3)27-40(24-26-61)53(54(44)69-11)76-56-51(68)49(59(8)9)52(35(4)71-56)75-48-30-57(7,77-37(6)62)55(36(5)70-48)74-46(65)13-2/h14-17,19-21,26,28,31-32,34-36,40,42-44,48-49,51-56,63,68H,12-13,18,22-25,27,29-30,33H2,1-11H3/t34-,35?,36?,40+,42+,43+,44-,48+,49?,51?,52-,53+,54+,55+,56+,57?/m1/s1. The molecule has 0 bridgehead atoms. The van der Waals surface area contributed by atoms with E-state index in [4.69, 9.17) is 42.6 Å². The molecule has 77 heavy (non-hydrogen) atoms. The number of aliphatic hydroxyl groups is 2. The molecule has 5 rings (SSSR count). The summed E-state index contributed by atoms with van der Waals surface area (Å²) >= 11 is 0. The monoisotopic (exact) mass is 1080 g/mol. The number of esters is 4. The van der Waals surface area contributed by atoms with Gasteiger partial charge in [-0.15, -0.1) is 0 Å². The first kappa shape index (κ1) is 62.8. The number of hydrogen-bond donors (Lipinski definition) is 2. The van der Waals surface area contributed by atoms with Crippen molar-refractivity contribution in [3.8, 4) is 0 Å². The number of rotatable bonds is 18. The number of pyridine rings is 1. The SMILES string of the molecule is CCC(=O)O[C@@H]1CC(=O)O[C@@H](CC=Cc2cncc(C(=O)c3ccccc3)c2)CCCN(C)C[C@H](O)[C@H](C)C[C@H](CC=O)[C@H](O[C@@H]2OC(C)[C@@H](O[C@H]3CC(C)(OC(C)=O)[C@@H](OC(=O)CC)C(C)O3)C(N(C)C)C2O)[C@H]1OC. The van der Waals surface area contributed by atoms with Crippen LogP contribution in [-0.2, 0) is 66.6 Å². The van der Waals surface area contributed by atoms with E-state index in [2.05, 4.69) is 4.98 Å². The predicted molar refractivity (Wildman–Crippen MR) is 281 cm³/mol. The lowest BCUT2D eigenvalue weighted by Gasteiger charge is -2.50. The molecule has 3 aliphatic rings. The molecule has 16 atom stereocenters. The van der Waals surface area contributed by atoms with E-state index < -0.39 is 127 Å². The van der Waals surface area contributed by atoms with Gasteiger partial charge in [0.05, 0.1) is 36.9 Å². The normalized spacial score (nSPS) is 33.2. The molecule has 0 saturated carbocycles.